The molecule has 2 heterocycles. The summed E-state index contributed by atoms with van der Waals surface area (Å²) in [5.41, 5.74) is 5.40. The monoisotopic (exact) mass is 452 g/mol. The van der Waals surface area contributed by atoms with Crippen molar-refractivity contribution in [3.8, 4) is 5.69 Å². The van der Waals surface area contributed by atoms with E-state index >= 15 is 0 Å². The van der Waals surface area contributed by atoms with Gasteiger partial charge in [0.15, 0.2) is 10.1 Å². The molecule has 0 aliphatic rings. The molecule has 0 fully saturated rings. The van der Waals surface area contributed by atoms with E-state index in [9.17, 15) is 9.18 Å². The van der Waals surface area contributed by atoms with Crippen LogP contribution in [0.2, 0.25) is 0 Å². The van der Waals surface area contributed by atoms with Gasteiger partial charge < -0.3 is 9.88 Å². The van der Waals surface area contributed by atoms with Gasteiger partial charge in [-0.2, -0.15) is 0 Å². The van der Waals surface area contributed by atoms with E-state index in [1.54, 1.807) is 12.1 Å². The molecule has 158 valence electrons. The van der Waals surface area contributed by atoms with Crippen LogP contribution in [0.1, 0.15) is 27.3 Å². The Morgan fingerprint density at radius 2 is 1.77 bits per heavy atom. The molecule has 0 amide bonds. The number of carbonyl (C=O) groups excluding carboxylic acids is 1. The van der Waals surface area contributed by atoms with Gasteiger partial charge in [0.05, 0.1) is 5.75 Å². The molecule has 0 saturated carbocycles. The predicted octanol–water partition coefficient (Wildman–Crippen LogP) is 6.11. The number of Topliss-reactive ketones (excluding diaryl/α,β-unsaturated/α-hetero) is 1. The Bertz CT molecular complexity index is 1210. The van der Waals surface area contributed by atoms with Crippen molar-refractivity contribution in [2.45, 2.75) is 25.1 Å². The second-order valence-electron chi connectivity index (χ2n) is 7.17. The average molecular weight is 453 g/mol. The second-order valence-corrected chi connectivity index (χ2v) is 9.37. The Kier molecular flexibility index (Phi) is 6.20. The lowest BCUT2D eigenvalue weighted by molar-refractivity contribution is 0.102. The van der Waals surface area contributed by atoms with Crippen LogP contribution in [0, 0.1) is 26.6 Å². The first kappa shape index (κ1) is 21.3. The number of aryl methyl sites for hydroxylation is 2. The van der Waals surface area contributed by atoms with E-state index in [-0.39, 0.29) is 17.4 Å². The maximum Gasteiger partial charge on any atom is 0.210 e. The zero-order valence-electron chi connectivity index (χ0n) is 17.3. The number of nitrogens with one attached hydrogen (secondary N) is 1. The third kappa shape index (κ3) is 4.86. The van der Waals surface area contributed by atoms with Gasteiger partial charge >= 0.3 is 0 Å². The van der Waals surface area contributed by atoms with Gasteiger partial charge in [-0.1, -0.05) is 40.8 Å². The number of nitrogens with zero attached hydrogens (tertiary/aromatic N) is 3. The molecule has 31 heavy (non-hydrogen) atoms. The number of rotatable bonds is 7. The molecule has 0 saturated heterocycles. The molecule has 8 heteroatoms. The molecule has 4 aromatic rings. The minimum Gasteiger partial charge on any atom is -0.330 e. The molecule has 0 atom stereocenters. The molecule has 0 aliphatic carbocycles. The highest BCUT2D eigenvalue weighted by Gasteiger charge is 2.18. The summed E-state index contributed by atoms with van der Waals surface area (Å²) in [5, 5.41) is 12.2. The first-order chi connectivity index (χ1) is 14.9. The fourth-order valence-corrected chi connectivity index (χ4v) is 4.97. The van der Waals surface area contributed by atoms with Crippen molar-refractivity contribution in [1.82, 2.24) is 14.8 Å². The van der Waals surface area contributed by atoms with Gasteiger partial charge in [0.2, 0.25) is 5.13 Å². The predicted molar refractivity (Wildman–Crippen MR) is 125 cm³/mol. The molecule has 1 N–H and O–H groups in total. The Hall–Kier alpha value is -2.97. The third-order valence-electron chi connectivity index (χ3n) is 4.85. The topological polar surface area (TPSA) is 59.8 Å². The quantitative estimate of drug-likeness (QED) is 0.271. The van der Waals surface area contributed by atoms with E-state index < -0.39 is 0 Å². The fourth-order valence-electron chi connectivity index (χ4n) is 3.32. The number of benzene rings is 2. The average Bonchev–Trinajstić information content (AvgIpc) is 3.32. The van der Waals surface area contributed by atoms with Gasteiger partial charge in [0.25, 0.3) is 0 Å². The molecule has 2 aromatic carbocycles. The molecule has 0 unspecified atom stereocenters. The molecule has 0 aliphatic heterocycles. The normalized spacial score (nSPS) is 11.0. The van der Waals surface area contributed by atoms with Gasteiger partial charge in [-0.15, -0.1) is 10.2 Å². The van der Waals surface area contributed by atoms with E-state index in [1.807, 2.05) is 55.7 Å². The van der Waals surface area contributed by atoms with Crippen molar-refractivity contribution in [2.24, 2.45) is 0 Å². The van der Waals surface area contributed by atoms with Crippen molar-refractivity contribution in [2.75, 3.05) is 11.1 Å². The van der Waals surface area contributed by atoms with Gasteiger partial charge in [-0.05, 0) is 63.2 Å². The number of anilines is 2. The first-order valence-electron chi connectivity index (χ1n) is 9.69. The van der Waals surface area contributed by atoms with Crippen LogP contribution in [0.15, 0.2) is 58.9 Å². The van der Waals surface area contributed by atoms with E-state index in [0.717, 1.165) is 27.1 Å². The molecule has 5 nitrogen and oxygen atoms in total. The summed E-state index contributed by atoms with van der Waals surface area (Å²) in [7, 11) is 0. The number of hydrogen-bond acceptors (Lipinski definition) is 6. The lowest BCUT2D eigenvalue weighted by Gasteiger charge is -2.09. The lowest BCUT2D eigenvalue weighted by atomic mass is 10.2. The molecule has 0 spiro atoms. The number of thioether (sulfide) groups is 1. The highest BCUT2D eigenvalue weighted by molar-refractivity contribution is 8.01. The van der Waals surface area contributed by atoms with Crippen LogP contribution in [-0.2, 0) is 0 Å². The van der Waals surface area contributed by atoms with Crippen molar-refractivity contribution < 1.29 is 9.18 Å². The van der Waals surface area contributed by atoms with Crippen molar-refractivity contribution in [1.29, 1.82) is 0 Å². The summed E-state index contributed by atoms with van der Waals surface area (Å²) in [6.07, 6.45) is 0. The first-order valence-corrected chi connectivity index (χ1v) is 11.5. The summed E-state index contributed by atoms with van der Waals surface area (Å²) in [6.45, 7) is 5.88. The van der Waals surface area contributed by atoms with Crippen LogP contribution in [0.4, 0.5) is 15.2 Å². The number of ketones is 1. The highest BCUT2D eigenvalue weighted by atomic mass is 32.2. The molecule has 4 rings (SSSR count). The van der Waals surface area contributed by atoms with Gasteiger partial charge in [-0.3, -0.25) is 4.79 Å². The van der Waals surface area contributed by atoms with E-state index in [1.165, 1.54) is 40.8 Å². The summed E-state index contributed by atoms with van der Waals surface area (Å²) in [6, 6.07) is 16.2. The maximum absolute atomic E-state index is 13.3. The molecular formula is C23H21FN4OS2. The van der Waals surface area contributed by atoms with Crippen LogP contribution in [0.5, 0.6) is 0 Å². The second kappa shape index (κ2) is 9.03. The largest absolute Gasteiger partial charge is 0.330 e. The number of halogens is 1. The van der Waals surface area contributed by atoms with E-state index in [0.29, 0.717) is 10.7 Å². The molecular weight excluding hydrogens is 431 g/mol. The van der Waals surface area contributed by atoms with Crippen molar-refractivity contribution in [3.63, 3.8) is 0 Å². The Morgan fingerprint density at radius 1 is 1.06 bits per heavy atom. The van der Waals surface area contributed by atoms with Crippen LogP contribution in [-0.4, -0.2) is 26.3 Å². The van der Waals surface area contributed by atoms with Crippen molar-refractivity contribution >= 4 is 39.7 Å². The summed E-state index contributed by atoms with van der Waals surface area (Å²) in [4.78, 5) is 12.9. The standard InChI is InChI=1S/C23H21FN4OS2/c1-14-4-8-18(9-5-14)25-22-26-27-23(31-22)30-13-21(29)20-12-15(2)28(16(20)3)19-10-6-17(24)7-11-19/h4-12H,13H2,1-3H3,(H,25,26). The number of hydrogen-bond donors (Lipinski definition) is 1. The van der Waals surface area contributed by atoms with Gasteiger partial charge in [-0.25, -0.2) is 4.39 Å². The Morgan fingerprint density at radius 3 is 2.48 bits per heavy atom. The van der Waals surface area contributed by atoms with E-state index in [4.69, 9.17) is 0 Å². The number of aromatic nitrogens is 3. The SMILES string of the molecule is Cc1ccc(Nc2nnc(SCC(=O)c3cc(C)n(-c4ccc(F)cc4)c3C)s2)cc1. The number of carbonyl (C=O) groups is 1. The summed E-state index contributed by atoms with van der Waals surface area (Å²) < 4.78 is 16.0. The maximum atomic E-state index is 13.3. The van der Waals surface area contributed by atoms with Crippen LogP contribution in [0.3, 0.4) is 0 Å². The Balaban J connectivity index is 1.42. The third-order valence-corrected chi connectivity index (χ3v) is 6.82. The minimum absolute atomic E-state index is 0.0229. The summed E-state index contributed by atoms with van der Waals surface area (Å²) in [5.74, 6) is 0.00859. The van der Waals surface area contributed by atoms with Crippen LogP contribution in [0.25, 0.3) is 5.69 Å². The fraction of sp³-hybridized carbons (Fsp3) is 0.174. The smallest absolute Gasteiger partial charge is 0.210 e. The Labute approximate surface area is 188 Å². The molecule has 2 aromatic heterocycles. The zero-order valence-corrected chi connectivity index (χ0v) is 19.0. The minimum atomic E-state index is -0.285. The van der Waals surface area contributed by atoms with Gasteiger partial charge in [0.1, 0.15) is 5.82 Å². The van der Waals surface area contributed by atoms with Crippen molar-refractivity contribution in [3.05, 3.63) is 82.9 Å². The van der Waals surface area contributed by atoms with Crippen LogP contribution < -0.4 is 5.32 Å². The molecule has 0 bridgehead atoms. The molecule has 0 radical (unpaired) electrons. The van der Waals surface area contributed by atoms with Crippen LogP contribution >= 0.6 is 23.1 Å². The van der Waals surface area contributed by atoms with Gasteiger partial charge in [0, 0.05) is 28.3 Å². The zero-order chi connectivity index (χ0) is 22.0. The van der Waals surface area contributed by atoms with E-state index in [2.05, 4.69) is 15.5 Å². The lowest BCUT2D eigenvalue weighted by Crippen LogP contribution is -2.05. The summed E-state index contributed by atoms with van der Waals surface area (Å²) >= 11 is 2.79. The highest BCUT2D eigenvalue weighted by Crippen LogP contribution is 2.29.